The minimum atomic E-state index is 0.0590. The Balaban J connectivity index is 0.000000154. The number of nitrogens with one attached hydrogen (secondary N) is 2. The zero-order valence-electron chi connectivity index (χ0n) is 33.9. The van der Waals surface area contributed by atoms with Crippen LogP contribution >= 0.6 is 0 Å². The molecular formula is C46H50N10O4. The van der Waals surface area contributed by atoms with E-state index in [0.29, 0.717) is 46.9 Å². The number of anilines is 4. The van der Waals surface area contributed by atoms with E-state index in [2.05, 4.69) is 40.5 Å². The summed E-state index contributed by atoms with van der Waals surface area (Å²) in [5.74, 6) is 4.38. The van der Waals surface area contributed by atoms with E-state index in [4.69, 9.17) is 20.9 Å². The van der Waals surface area contributed by atoms with Crippen LogP contribution in [0.2, 0.25) is 0 Å². The summed E-state index contributed by atoms with van der Waals surface area (Å²) in [7, 11) is 0. The Labute approximate surface area is 348 Å². The number of nitrogens with two attached hydrogens (primary N) is 2. The Morgan fingerprint density at radius 3 is 1.43 bits per heavy atom. The highest BCUT2D eigenvalue weighted by Crippen LogP contribution is 2.49. The van der Waals surface area contributed by atoms with Crippen molar-refractivity contribution in [2.75, 3.05) is 48.5 Å². The molecule has 4 fully saturated rings. The van der Waals surface area contributed by atoms with Crippen LogP contribution in [0.5, 0.6) is 0 Å². The molecule has 0 unspecified atom stereocenters. The van der Waals surface area contributed by atoms with Crippen LogP contribution in [0, 0.1) is 49.4 Å². The van der Waals surface area contributed by atoms with Crippen molar-refractivity contribution in [2.24, 2.45) is 35.5 Å². The van der Waals surface area contributed by atoms with E-state index < -0.39 is 0 Å². The first-order chi connectivity index (χ1) is 29.2. The molecule has 14 heteroatoms. The van der Waals surface area contributed by atoms with Gasteiger partial charge < -0.3 is 31.6 Å². The summed E-state index contributed by atoms with van der Waals surface area (Å²) >= 11 is 0. The molecule has 2 saturated carbocycles. The molecular weight excluding hydrogens is 757 g/mol. The van der Waals surface area contributed by atoms with E-state index in [1.165, 1.54) is 0 Å². The number of rotatable bonds is 8. The van der Waals surface area contributed by atoms with E-state index in [1.807, 2.05) is 50.2 Å². The van der Waals surface area contributed by atoms with Crippen LogP contribution in [0.25, 0.3) is 44.1 Å². The van der Waals surface area contributed by atoms with E-state index in [-0.39, 0.29) is 23.7 Å². The Morgan fingerprint density at radius 1 is 0.617 bits per heavy atom. The molecule has 2 amide bonds. The first-order valence-electron chi connectivity index (χ1n) is 20.9. The summed E-state index contributed by atoms with van der Waals surface area (Å²) < 4.78 is 10.9. The van der Waals surface area contributed by atoms with E-state index in [9.17, 15) is 9.59 Å². The lowest BCUT2D eigenvalue weighted by atomic mass is 9.93. The Morgan fingerprint density at radius 2 is 1.03 bits per heavy atom. The molecule has 60 heavy (non-hydrogen) atoms. The number of nitrogen functional groups attached to an aromatic ring is 2. The number of pyridine rings is 6. The molecule has 6 aromatic heterocycles. The molecule has 0 bridgehead atoms. The molecule has 4 atom stereocenters. The topological polar surface area (TPSA) is 206 Å². The second-order valence-electron chi connectivity index (χ2n) is 16.6. The monoisotopic (exact) mass is 806 g/mol. The highest BCUT2D eigenvalue weighted by atomic mass is 16.5. The first-order valence-corrected chi connectivity index (χ1v) is 20.9. The number of hydrogen-bond donors (Lipinski definition) is 4. The molecule has 10 rings (SSSR count). The zero-order chi connectivity index (χ0) is 41.3. The normalized spacial score (nSPS) is 21.5. The van der Waals surface area contributed by atoms with Gasteiger partial charge >= 0.3 is 0 Å². The highest BCUT2D eigenvalue weighted by Gasteiger charge is 2.48. The highest BCUT2D eigenvalue weighted by molar-refractivity contribution is 6.00. The van der Waals surface area contributed by atoms with Crippen molar-refractivity contribution in [3.63, 3.8) is 0 Å². The molecule has 2 aliphatic carbocycles. The molecule has 308 valence electrons. The predicted molar refractivity (Wildman–Crippen MR) is 231 cm³/mol. The largest absolute Gasteiger partial charge is 0.383 e. The minimum absolute atomic E-state index is 0.0590. The van der Waals surface area contributed by atoms with Crippen LogP contribution in [0.1, 0.15) is 49.7 Å². The van der Waals surface area contributed by atoms with E-state index in [1.54, 1.807) is 37.2 Å². The van der Waals surface area contributed by atoms with E-state index in [0.717, 1.165) is 120 Å². The van der Waals surface area contributed by atoms with Crippen LogP contribution in [0.3, 0.4) is 0 Å². The molecule has 6 N–H and O–H groups in total. The van der Waals surface area contributed by atoms with Crippen LogP contribution < -0.4 is 22.1 Å². The van der Waals surface area contributed by atoms with Crippen molar-refractivity contribution in [3.05, 3.63) is 84.7 Å². The maximum absolute atomic E-state index is 12.7. The molecule has 0 radical (unpaired) electrons. The number of ether oxygens (including phenoxy) is 2. The SMILES string of the molecule is Cc1ccncc1-c1cc2cc(NC(=O)[C@@H]3C[C@H]3C3CCOCC3)ncc2c(N)n1.Cc1ccncc1-c1cc2cc(NC(=O)[C@H]3C[C@@H]3C3CCOCC3)ncc2c(N)n1. The molecule has 6 aromatic rings. The summed E-state index contributed by atoms with van der Waals surface area (Å²) in [5, 5.41) is 9.32. The fraction of sp³-hybridized carbons (Fsp3) is 0.391. The third kappa shape index (κ3) is 8.48. The summed E-state index contributed by atoms with van der Waals surface area (Å²) in [6.45, 7) is 7.29. The quantitative estimate of drug-likeness (QED) is 0.121. The van der Waals surface area contributed by atoms with Gasteiger partial charge in [0.15, 0.2) is 0 Å². The summed E-state index contributed by atoms with van der Waals surface area (Å²) in [6.07, 6.45) is 16.6. The number of carbonyl (C=O) groups is 2. The summed E-state index contributed by atoms with van der Waals surface area (Å²) in [6, 6.07) is 11.6. The number of aromatic nitrogens is 6. The Hall–Kier alpha value is -6.12. The van der Waals surface area contributed by atoms with Crippen molar-refractivity contribution >= 4 is 56.6 Å². The van der Waals surface area contributed by atoms with Gasteiger partial charge in [-0.1, -0.05) is 0 Å². The lowest BCUT2D eigenvalue weighted by Crippen LogP contribution is -2.21. The maximum Gasteiger partial charge on any atom is 0.228 e. The molecule has 0 aromatic carbocycles. The van der Waals surface area contributed by atoms with E-state index >= 15 is 0 Å². The number of carbonyl (C=O) groups excluding carboxylic acids is 2. The van der Waals surface area contributed by atoms with Gasteiger partial charge in [0.2, 0.25) is 11.8 Å². The Kier molecular flexibility index (Phi) is 11.1. The molecule has 8 heterocycles. The van der Waals surface area contributed by atoms with Crippen LogP contribution in [0.15, 0.2) is 73.6 Å². The van der Waals surface area contributed by atoms with Gasteiger partial charge in [-0.25, -0.2) is 19.9 Å². The van der Waals surface area contributed by atoms with Crippen molar-refractivity contribution in [1.29, 1.82) is 0 Å². The number of amides is 2. The average Bonchev–Trinajstić information content (AvgIpc) is 4.20. The number of fused-ring (bicyclic) bond motifs is 2. The number of hydrogen-bond acceptors (Lipinski definition) is 12. The fourth-order valence-corrected chi connectivity index (χ4v) is 9.02. The predicted octanol–water partition coefficient (Wildman–Crippen LogP) is 7.17. The smallest absolute Gasteiger partial charge is 0.228 e. The van der Waals surface area contributed by atoms with Crippen LogP contribution in [-0.2, 0) is 19.1 Å². The second-order valence-corrected chi connectivity index (χ2v) is 16.6. The molecule has 14 nitrogen and oxygen atoms in total. The second kappa shape index (κ2) is 16.9. The molecule has 4 aliphatic rings. The van der Waals surface area contributed by atoms with Gasteiger partial charge in [0.1, 0.15) is 23.3 Å². The van der Waals surface area contributed by atoms with Crippen molar-refractivity contribution in [2.45, 2.75) is 52.4 Å². The fourth-order valence-electron chi connectivity index (χ4n) is 9.02. The van der Waals surface area contributed by atoms with Gasteiger partial charge in [-0.3, -0.25) is 19.6 Å². The standard InChI is InChI=1S/2C23H25N5O2/c2*1-13-2-5-25-11-18(13)20-8-15-9-21(26-12-19(15)22(24)27-20)28-23(29)17-10-16(17)14-3-6-30-7-4-14/h2*2,5,8-9,11-12,14,16-17H,3-4,6-7,10H2,1H3,(H2,24,27)(H,26,28,29)/t2*16-,17+/m10/s1. The van der Waals surface area contributed by atoms with Gasteiger partial charge in [0.05, 0.1) is 11.4 Å². The minimum Gasteiger partial charge on any atom is -0.383 e. The molecule has 2 saturated heterocycles. The lowest BCUT2D eigenvalue weighted by molar-refractivity contribution is -0.118. The van der Waals surface area contributed by atoms with Gasteiger partial charge in [0, 0.05) is 97.3 Å². The Bertz CT molecular complexity index is 2400. The van der Waals surface area contributed by atoms with Gasteiger partial charge in [-0.05, 0) is 134 Å². The number of aryl methyl sites for hydroxylation is 2. The van der Waals surface area contributed by atoms with Gasteiger partial charge in [0.25, 0.3) is 0 Å². The summed E-state index contributed by atoms with van der Waals surface area (Å²) in [5.41, 5.74) is 17.9. The van der Waals surface area contributed by atoms with Crippen molar-refractivity contribution in [3.8, 4) is 22.5 Å². The average molecular weight is 807 g/mol. The molecule has 2 aliphatic heterocycles. The third-order valence-electron chi connectivity index (χ3n) is 12.7. The lowest BCUT2D eigenvalue weighted by Gasteiger charge is -2.21. The van der Waals surface area contributed by atoms with Gasteiger partial charge in [-0.15, -0.1) is 0 Å². The van der Waals surface area contributed by atoms with Crippen molar-refractivity contribution in [1.82, 2.24) is 29.9 Å². The van der Waals surface area contributed by atoms with Crippen molar-refractivity contribution < 1.29 is 19.1 Å². The van der Waals surface area contributed by atoms with Crippen LogP contribution in [0.4, 0.5) is 23.3 Å². The van der Waals surface area contributed by atoms with Gasteiger partial charge in [-0.2, -0.15) is 0 Å². The number of nitrogens with zero attached hydrogens (tertiary/aromatic N) is 6. The molecule has 0 spiro atoms. The maximum atomic E-state index is 12.7. The summed E-state index contributed by atoms with van der Waals surface area (Å²) in [4.78, 5) is 51.7. The van der Waals surface area contributed by atoms with Crippen LogP contribution in [-0.4, -0.2) is 68.1 Å². The zero-order valence-corrected chi connectivity index (χ0v) is 33.9. The third-order valence-corrected chi connectivity index (χ3v) is 12.7. The first kappa shape index (κ1) is 39.3.